The molecule has 1 aromatic heterocycles. The molecular formula is C48H71N3O9. The van der Waals surface area contributed by atoms with Crippen LogP contribution in [0.2, 0.25) is 0 Å². The lowest BCUT2D eigenvalue weighted by molar-refractivity contribution is 0.0367. The highest BCUT2D eigenvalue weighted by Crippen LogP contribution is 2.42. The Balaban J connectivity index is 1.35. The lowest BCUT2D eigenvalue weighted by Gasteiger charge is -2.26. The average Bonchev–Trinajstić information content (AvgIpc) is 3.25. The number of fused-ring (bicyclic) bond motifs is 2. The molecule has 0 saturated carbocycles. The third kappa shape index (κ3) is 13.2. The van der Waals surface area contributed by atoms with Gasteiger partial charge in [0, 0.05) is 62.5 Å². The summed E-state index contributed by atoms with van der Waals surface area (Å²) in [5.74, 6) is 2.37. The predicted octanol–water partition coefficient (Wildman–Crippen LogP) is 7.45. The van der Waals surface area contributed by atoms with Gasteiger partial charge in [0.1, 0.15) is 28.1 Å². The first-order valence-electron chi connectivity index (χ1n) is 22.5. The number of allylic oxidation sites excluding steroid dienone is 4. The summed E-state index contributed by atoms with van der Waals surface area (Å²) < 4.78 is 49.4. The lowest BCUT2D eigenvalue weighted by Crippen LogP contribution is -2.36. The van der Waals surface area contributed by atoms with E-state index < -0.39 is 0 Å². The van der Waals surface area contributed by atoms with E-state index in [1.807, 2.05) is 12.1 Å². The maximum atomic E-state index is 15.2. The fourth-order valence-corrected chi connectivity index (χ4v) is 8.13. The maximum absolute atomic E-state index is 15.2. The molecule has 0 spiro atoms. The molecule has 4 heterocycles. The molecule has 0 radical (unpaired) electrons. The van der Waals surface area contributed by atoms with Gasteiger partial charge in [-0.15, -0.1) is 0 Å². The van der Waals surface area contributed by atoms with Crippen LogP contribution in [0.15, 0.2) is 44.6 Å². The van der Waals surface area contributed by atoms with Crippen LogP contribution in [0.1, 0.15) is 77.3 Å². The lowest BCUT2D eigenvalue weighted by atomic mass is 9.98. The van der Waals surface area contributed by atoms with Crippen molar-refractivity contribution >= 4 is 21.9 Å². The molecule has 3 aliphatic heterocycles. The van der Waals surface area contributed by atoms with E-state index in [1.165, 1.54) is 5.57 Å². The molecule has 332 valence electrons. The van der Waals surface area contributed by atoms with Crippen molar-refractivity contribution in [3.05, 3.63) is 56.8 Å². The second kappa shape index (κ2) is 24.1. The molecule has 12 nitrogen and oxygen atoms in total. The van der Waals surface area contributed by atoms with Gasteiger partial charge in [0.2, 0.25) is 5.43 Å². The predicted molar refractivity (Wildman–Crippen MR) is 239 cm³/mol. The molecule has 3 aliphatic rings. The fourth-order valence-electron chi connectivity index (χ4n) is 8.13. The van der Waals surface area contributed by atoms with Crippen molar-refractivity contribution in [1.29, 1.82) is 0 Å². The Morgan fingerprint density at radius 3 is 1.48 bits per heavy atom. The highest BCUT2D eigenvalue weighted by atomic mass is 16.5. The molecule has 60 heavy (non-hydrogen) atoms. The molecule has 0 aliphatic carbocycles. The van der Waals surface area contributed by atoms with Crippen molar-refractivity contribution in [2.75, 3.05) is 125 Å². The van der Waals surface area contributed by atoms with Gasteiger partial charge in [-0.3, -0.25) is 19.5 Å². The number of benzene rings is 2. The summed E-state index contributed by atoms with van der Waals surface area (Å²) >= 11 is 0. The van der Waals surface area contributed by atoms with Crippen molar-refractivity contribution < 1.29 is 37.6 Å². The van der Waals surface area contributed by atoms with E-state index in [0.717, 1.165) is 154 Å². The van der Waals surface area contributed by atoms with Crippen LogP contribution in [0.25, 0.3) is 21.9 Å². The van der Waals surface area contributed by atoms with Crippen molar-refractivity contribution in [2.24, 2.45) is 0 Å². The van der Waals surface area contributed by atoms with Crippen LogP contribution in [0.3, 0.4) is 0 Å². The van der Waals surface area contributed by atoms with Crippen LogP contribution in [-0.2, 0) is 27.1 Å². The number of hydrogen-bond acceptors (Lipinski definition) is 12. The number of hydrogen-bond donors (Lipinski definition) is 0. The van der Waals surface area contributed by atoms with Crippen LogP contribution in [-0.4, -0.2) is 140 Å². The minimum atomic E-state index is -0.141. The van der Waals surface area contributed by atoms with Gasteiger partial charge in [0.05, 0.1) is 72.0 Å². The second-order valence-corrected chi connectivity index (χ2v) is 16.7. The standard InChI is InChI=1S/C48H71N3O9/c1-36(2)12-14-38-40(57-25-9-6-16-49-19-28-54-29-20-49)34-42-45(48(38)59-27-11-8-18-51-23-32-56-33-24-51)46(52)44-39(15-13-37(3)4)47(53-5)43(35-41(44)60-42)58-26-10-7-17-50-21-30-55-31-22-50/h12-13,34-35H,6-11,14-33H2,1-5H3. The fraction of sp³-hybridized carbons (Fsp3) is 0.646. The number of unbranched alkanes of at least 4 members (excludes halogenated alkanes) is 3. The van der Waals surface area contributed by atoms with E-state index in [4.69, 9.17) is 37.6 Å². The van der Waals surface area contributed by atoms with Crippen LogP contribution in [0.5, 0.6) is 23.0 Å². The average molecular weight is 834 g/mol. The molecule has 0 N–H and O–H groups in total. The van der Waals surface area contributed by atoms with Gasteiger partial charge in [-0.25, -0.2) is 0 Å². The summed E-state index contributed by atoms with van der Waals surface area (Å²) in [6.45, 7) is 23.4. The van der Waals surface area contributed by atoms with Crippen molar-refractivity contribution in [1.82, 2.24) is 14.7 Å². The highest BCUT2D eigenvalue weighted by molar-refractivity contribution is 5.98. The quantitative estimate of drug-likeness (QED) is 0.0539. The number of ether oxygens (including phenoxy) is 7. The molecular weight excluding hydrogens is 763 g/mol. The number of nitrogens with zero attached hydrogens (tertiary/aromatic N) is 3. The van der Waals surface area contributed by atoms with Gasteiger partial charge in [0.15, 0.2) is 11.5 Å². The highest BCUT2D eigenvalue weighted by Gasteiger charge is 2.26. The minimum absolute atomic E-state index is 0.141. The second-order valence-electron chi connectivity index (χ2n) is 16.7. The molecule has 3 saturated heterocycles. The summed E-state index contributed by atoms with van der Waals surface area (Å²) in [4.78, 5) is 22.5. The zero-order valence-corrected chi connectivity index (χ0v) is 37.2. The summed E-state index contributed by atoms with van der Waals surface area (Å²) in [7, 11) is 1.65. The molecule has 0 bridgehead atoms. The first kappa shape index (κ1) is 45.9. The summed E-state index contributed by atoms with van der Waals surface area (Å²) in [5, 5.41) is 0.920. The zero-order chi connectivity index (χ0) is 42.1. The summed E-state index contributed by atoms with van der Waals surface area (Å²) in [6, 6.07) is 3.74. The molecule has 0 amide bonds. The van der Waals surface area contributed by atoms with Crippen molar-refractivity contribution in [2.45, 2.75) is 79.1 Å². The first-order chi connectivity index (χ1) is 29.3. The van der Waals surface area contributed by atoms with E-state index >= 15 is 4.79 Å². The molecule has 3 fully saturated rings. The number of methoxy groups -OCH3 is 1. The van der Waals surface area contributed by atoms with Crippen molar-refractivity contribution in [3.8, 4) is 23.0 Å². The Labute approximate surface area is 357 Å². The summed E-state index contributed by atoms with van der Waals surface area (Å²) in [5.41, 5.74) is 4.69. The van der Waals surface area contributed by atoms with E-state index in [1.54, 1.807) is 7.11 Å². The summed E-state index contributed by atoms with van der Waals surface area (Å²) in [6.07, 6.45) is 11.0. The molecule has 12 heteroatoms. The van der Waals surface area contributed by atoms with Crippen molar-refractivity contribution in [3.63, 3.8) is 0 Å². The number of rotatable bonds is 23. The largest absolute Gasteiger partial charge is 0.493 e. The van der Waals surface area contributed by atoms with Gasteiger partial charge in [-0.1, -0.05) is 23.3 Å². The molecule has 0 unspecified atom stereocenters. The Hall–Kier alpha value is -3.65. The van der Waals surface area contributed by atoms with Gasteiger partial charge >= 0.3 is 0 Å². The van der Waals surface area contributed by atoms with Crippen LogP contribution >= 0.6 is 0 Å². The normalized spacial score (nSPS) is 16.9. The maximum Gasteiger partial charge on any atom is 0.204 e. The topological polar surface area (TPSA) is 105 Å². The van der Waals surface area contributed by atoms with E-state index in [0.29, 0.717) is 77.6 Å². The van der Waals surface area contributed by atoms with E-state index in [9.17, 15) is 0 Å². The first-order valence-corrected chi connectivity index (χ1v) is 22.5. The Morgan fingerprint density at radius 2 is 1.00 bits per heavy atom. The van der Waals surface area contributed by atoms with Crippen LogP contribution in [0, 0.1) is 0 Å². The van der Waals surface area contributed by atoms with Crippen LogP contribution in [0.4, 0.5) is 0 Å². The third-order valence-corrected chi connectivity index (χ3v) is 11.6. The zero-order valence-electron chi connectivity index (χ0n) is 37.2. The van der Waals surface area contributed by atoms with E-state index in [-0.39, 0.29) is 5.43 Å². The van der Waals surface area contributed by atoms with Crippen LogP contribution < -0.4 is 24.4 Å². The van der Waals surface area contributed by atoms with Gasteiger partial charge in [-0.2, -0.15) is 0 Å². The Morgan fingerprint density at radius 1 is 0.567 bits per heavy atom. The Kier molecular flexibility index (Phi) is 18.4. The number of morpholine rings is 3. The monoisotopic (exact) mass is 834 g/mol. The molecule has 3 aromatic rings. The third-order valence-electron chi connectivity index (χ3n) is 11.6. The SMILES string of the molecule is COc1c(OCCCCN2CCOCC2)cc2oc3cc(OCCCCN4CCOCC4)c(CC=C(C)C)c(OCCCCN4CCOCC4)c3c(=O)c2c1CC=C(C)C. The van der Waals surface area contributed by atoms with Gasteiger partial charge in [0.25, 0.3) is 0 Å². The molecule has 2 aromatic carbocycles. The Bertz CT molecular complexity index is 1920. The molecule has 0 atom stereocenters. The van der Waals surface area contributed by atoms with Gasteiger partial charge < -0.3 is 37.6 Å². The minimum Gasteiger partial charge on any atom is -0.493 e. The smallest absolute Gasteiger partial charge is 0.204 e. The molecule has 6 rings (SSSR count). The van der Waals surface area contributed by atoms with E-state index in [2.05, 4.69) is 54.5 Å². The van der Waals surface area contributed by atoms with Gasteiger partial charge in [-0.05, 0) is 98.7 Å².